The summed E-state index contributed by atoms with van der Waals surface area (Å²) in [6, 6.07) is 17.8. The zero-order valence-corrected chi connectivity index (χ0v) is 17.8. The lowest BCUT2D eigenvalue weighted by atomic mass is 10.1. The van der Waals surface area contributed by atoms with Gasteiger partial charge in [0.1, 0.15) is 5.69 Å². The highest BCUT2D eigenvalue weighted by atomic mass is 16.5. The van der Waals surface area contributed by atoms with Gasteiger partial charge in [0, 0.05) is 31.6 Å². The normalized spacial score (nSPS) is 14.4. The number of hydrogen-bond donors (Lipinski definition) is 0. The second-order valence-electron chi connectivity index (χ2n) is 7.94. The van der Waals surface area contributed by atoms with Crippen LogP contribution in [0.3, 0.4) is 0 Å². The molecule has 0 N–H and O–H groups in total. The van der Waals surface area contributed by atoms with Crippen LogP contribution in [-0.4, -0.2) is 51.9 Å². The lowest BCUT2D eigenvalue weighted by Gasteiger charge is -2.36. The Kier molecular flexibility index (Phi) is 4.94. The molecule has 4 aromatic rings. The number of aryl methyl sites for hydroxylation is 1. The van der Waals surface area contributed by atoms with E-state index in [0.29, 0.717) is 18.8 Å². The van der Waals surface area contributed by atoms with E-state index < -0.39 is 0 Å². The number of nitrogens with zero attached hydrogens (tertiary/aromatic N) is 5. The Bertz CT molecular complexity index is 1220. The average Bonchev–Trinajstić information content (AvgIpc) is 3.34. The molecule has 2 aromatic carbocycles. The maximum absolute atomic E-state index is 12.9. The van der Waals surface area contributed by atoms with Crippen molar-refractivity contribution < 1.29 is 9.32 Å². The zero-order valence-electron chi connectivity index (χ0n) is 17.8. The number of hydrogen-bond acceptors (Lipinski definition) is 5. The highest BCUT2D eigenvalue weighted by molar-refractivity contribution is 5.86. The van der Waals surface area contributed by atoms with Crippen molar-refractivity contribution in [1.29, 1.82) is 0 Å². The molecule has 0 atom stereocenters. The summed E-state index contributed by atoms with van der Waals surface area (Å²) < 4.78 is 7.34. The number of piperazine rings is 1. The maximum atomic E-state index is 12.9. The van der Waals surface area contributed by atoms with Gasteiger partial charge in [0.15, 0.2) is 5.58 Å². The van der Waals surface area contributed by atoms with Gasteiger partial charge in [-0.3, -0.25) is 4.79 Å². The van der Waals surface area contributed by atoms with Gasteiger partial charge in [-0.15, -0.1) is 0 Å². The summed E-state index contributed by atoms with van der Waals surface area (Å²) in [6.45, 7) is 7.10. The first-order chi connectivity index (χ1) is 15.1. The fourth-order valence-corrected chi connectivity index (χ4v) is 4.41. The number of aromatic nitrogens is 3. The lowest BCUT2D eigenvalue weighted by molar-refractivity contribution is -0.130. The molecule has 0 radical (unpaired) electrons. The van der Waals surface area contributed by atoms with E-state index in [4.69, 9.17) is 9.62 Å². The third kappa shape index (κ3) is 3.56. The molecule has 158 valence electrons. The number of carbonyl (C=O) groups is 1. The number of amides is 1. The minimum Gasteiger partial charge on any atom is -0.365 e. The van der Waals surface area contributed by atoms with E-state index in [1.54, 1.807) is 0 Å². The Morgan fingerprint density at radius 1 is 0.968 bits per heavy atom. The molecule has 1 amide bonds. The van der Waals surface area contributed by atoms with E-state index in [0.717, 1.165) is 41.1 Å². The summed E-state index contributed by atoms with van der Waals surface area (Å²) in [5.41, 5.74) is 5.78. The number of rotatable bonds is 4. The Labute approximate surface area is 180 Å². The zero-order chi connectivity index (χ0) is 21.4. The van der Waals surface area contributed by atoms with Crippen LogP contribution >= 0.6 is 0 Å². The van der Waals surface area contributed by atoms with Crippen molar-refractivity contribution >= 4 is 22.6 Å². The first kappa shape index (κ1) is 19.4. The lowest BCUT2D eigenvalue weighted by Crippen LogP contribution is -2.49. The van der Waals surface area contributed by atoms with Crippen molar-refractivity contribution in [3.05, 3.63) is 71.7 Å². The van der Waals surface area contributed by atoms with Crippen LogP contribution in [0.2, 0.25) is 0 Å². The van der Waals surface area contributed by atoms with Crippen molar-refractivity contribution in [2.24, 2.45) is 0 Å². The predicted octanol–water partition coefficient (Wildman–Crippen LogP) is 3.52. The van der Waals surface area contributed by atoms with Gasteiger partial charge in [-0.2, -0.15) is 5.10 Å². The number of fused-ring (bicyclic) bond motifs is 1. The van der Waals surface area contributed by atoms with E-state index in [-0.39, 0.29) is 12.3 Å². The van der Waals surface area contributed by atoms with Crippen LogP contribution < -0.4 is 4.90 Å². The van der Waals surface area contributed by atoms with Crippen molar-refractivity contribution in [1.82, 2.24) is 19.8 Å². The molecule has 0 bridgehead atoms. The van der Waals surface area contributed by atoms with Crippen LogP contribution in [0.5, 0.6) is 0 Å². The van der Waals surface area contributed by atoms with Crippen LogP contribution in [0.25, 0.3) is 16.7 Å². The molecule has 3 heterocycles. The first-order valence-electron chi connectivity index (χ1n) is 10.6. The van der Waals surface area contributed by atoms with E-state index in [2.05, 4.69) is 36.0 Å². The van der Waals surface area contributed by atoms with Gasteiger partial charge in [-0.05, 0) is 38.1 Å². The third-order valence-corrected chi connectivity index (χ3v) is 5.97. The fourth-order valence-electron chi connectivity index (χ4n) is 4.41. The van der Waals surface area contributed by atoms with Gasteiger partial charge in [-0.1, -0.05) is 35.5 Å². The molecule has 31 heavy (non-hydrogen) atoms. The third-order valence-electron chi connectivity index (χ3n) is 5.97. The molecule has 1 fully saturated rings. The van der Waals surface area contributed by atoms with E-state index >= 15 is 0 Å². The van der Waals surface area contributed by atoms with Crippen LogP contribution in [0.4, 0.5) is 5.69 Å². The summed E-state index contributed by atoms with van der Waals surface area (Å²) in [5.74, 6) is 0.0899. The molecule has 1 aliphatic heterocycles. The van der Waals surface area contributed by atoms with Crippen LogP contribution in [-0.2, 0) is 11.2 Å². The van der Waals surface area contributed by atoms with Crippen molar-refractivity contribution in [3.63, 3.8) is 0 Å². The molecule has 0 saturated carbocycles. The molecular formula is C24H25N5O2. The molecule has 5 rings (SSSR count). The maximum Gasteiger partial charge on any atom is 0.228 e. The van der Waals surface area contributed by atoms with Crippen molar-refractivity contribution in [2.75, 3.05) is 31.1 Å². The van der Waals surface area contributed by atoms with Gasteiger partial charge in [0.25, 0.3) is 0 Å². The molecular weight excluding hydrogens is 390 g/mol. The molecule has 7 nitrogen and oxygen atoms in total. The molecule has 0 aliphatic carbocycles. The van der Waals surface area contributed by atoms with E-state index in [9.17, 15) is 4.79 Å². The van der Waals surface area contributed by atoms with Crippen LogP contribution in [0.1, 0.15) is 17.1 Å². The Balaban J connectivity index is 1.27. The molecule has 7 heteroatoms. The predicted molar refractivity (Wildman–Crippen MR) is 120 cm³/mol. The average molecular weight is 415 g/mol. The topological polar surface area (TPSA) is 67.4 Å². The Morgan fingerprint density at radius 3 is 2.45 bits per heavy atom. The first-order valence-corrected chi connectivity index (χ1v) is 10.6. The standard InChI is InChI=1S/C24H25N5O2/c1-17-24(18(2)29(25-17)19-8-4-3-5-9-19)28-14-12-27(13-15-28)23(30)16-21-20-10-6-7-11-22(20)31-26-21/h3-11H,12-16H2,1-2H3. The van der Waals surface area contributed by atoms with Gasteiger partial charge in [0.2, 0.25) is 5.91 Å². The highest BCUT2D eigenvalue weighted by Crippen LogP contribution is 2.28. The minimum atomic E-state index is 0.0899. The van der Waals surface area contributed by atoms with Crippen molar-refractivity contribution in [3.8, 4) is 5.69 Å². The Morgan fingerprint density at radius 2 is 1.68 bits per heavy atom. The molecule has 2 aromatic heterocycles. The monoisotopic (exact) mass is 415 g/mol. The SMILES string of the molecule is Cc1nn(-c2ccccc2)c(C)c1N1CCN(C(=O)Cc2noc3ccccc23)CC1. The molecule has 1 aliphatic rings. The molecule has 0 spiro atoms. The number of para-hydroxylation sites is 2. The summed E-state index contributed by atoms with van der Waals surface area (Å²) in [5, 5.41) is 9.78. The van der Waals surface area contributed by atoms with E-state index in [1.165, 1.54) is 5.69 Å². The summed E-state index contributed by atoms with van der Waals surface area (Å²) in [7, 11) is 0. The molecule has 0 unspecified atom stereocenters. The van der Waals surface area contributed by atoms with Gasteiger partial charge in [-0.25, -0.2) is 4.68 Å². The largest absolute Gasteiger partial charge is 0.365 e. The van der Waals surface area contributed by atoms with Crippen molar-refractivity contribution in [2.45, 2.75) is 20.3 Å². The minimum absolute atomic E-state index is 0.0899. The van der Waals surface area contributed by atoms with Gasteiger partial charge in [0.05, 0.1) is 29.2 Å². The number of carbonyl (C=O) groups excluding carboxylic acids is 1. The number of benzene rings is 2. The van der Waals surface area contributed by atoms with E-state index in [1.807, 2.05) is 52.0 Å². The fraction of sp³-hybridized carbons (Fsp3) is 0.292. The second kappa shape index (κ2) is 7.91. The Hall–Kier alpha value is -3.61. The molecule has 1 saturated heterocycles. The summed E-state index contributed by atoms with van der Waals surface area (Å²) in [4.78, 5) is 17.1. The van der Waals surface area contributed by atoms with Gasteiger partial charge >= 0.3 is 0 Å². The summed E-state index contributed by atoms with van der Waals surface area (Å²) in [6.07, 6.45) is 0.265. The van der Waals surface area contributed by atoms with Crippen LogP contribution in [0.15, 0.2) is 59.1 Å². The summed E-state index contributed by atoms with van der Waals surface area (Å²) >= 11 is 0. The highest BCUT2D eigenvalue weighted by Gasteiger charge is 2.26. The second-order valence-corrected chi connectivity index (χ2v) is 7.94. The van der Waals surface area contributed by atoms with Crippen LogP contribution in [0, 0.1) is 13.8 Å². The smallest absolute Gasteiger partial charge is 0.228 e. The quantitative estimate of drug-likeness (QED) is 0.510. The number of anilines is 1. The van der Waals surface area contributed by atoms with Gasteiger partial charge < -0.3 is 14.3 Å².